The number of halogens is 3. The van der Waals surface area contributed by atoms with Crippen LogP contribution in [-0.4, -0.2) is 11.0 Å². The molecule has 0 bridgehead atoms. The fourth-order valence-corrected chi connectivity index (χ4v) is 2.83. The normalized spacial score (nSPS) is 11.5. The molecule has 2 aromatic rings. The van der Waals surface area contributed by atoms with Crippen molar-refractivity contribution in [3.63, 3.8) is 0 Å². The Labute approximate surface area is 134 Å². The molecule has 0 radical (unpaired) electrons. The van der Waals surface area contributed by atoms with E-state index in [0.29, 0.717) is 22.3 Å². The summed E-state index contributed by atoms with van der Waals surface area (Å²) in [6, 6.07) is 9.76. The number of anilines is 1. The third kappa shape index (κ3) is 3.65. The van der Waals surface area contributed by atoms with Gasteiger partial charge in [-0.15, -0.1) is 0 Å². The summed E-state index contributed by atoms with van der Waals surface area (Å²) in [6.45, 7) is 0.385. The number of benzene rings is 2. The molecule has 0 atom stereocenters. The molecule has 0 aliphatic heterocycles. The molecule has 0 aliphatic rings. The number of amidine groups is 1. The van der Waals surface area contributed by atoms with Crippen LogP contribution in [0.1, 0.15) is 11.1 Å². The van der Waals surface area contributed by atoms with Gasteiger partial charge >= 0.3 is 0 Å². The van der Waals surface area contributed by atoms with Gasteiger partial charge in [0.05, 0.1) is 10.7 Å². The van der Waals surface area contributed by atoms with Crippen LogP contribution in [0.2, 0.25) is 5.02 Å². The van der Waals surface area contributed by atoms with Crippen LogP contribution in [-0.2, 0) is 6.54 Å². The van der Waals surface area contributed by atoms with E-state index in [1.807, 2.05) is 12.1 Å². The minimum absolute atomic E-state index is 0.0247. The molecule has 0 spiro atoms. The highest BCUT2D eigenvalue weighted by Gasteiger charge is 2.10. The van der Waals surface area contributed by atoms with Crippen LogP contribution in [0.5, 0.6) is 0 Å². The Bertz CT molecular complexity index is 671. The lowest BCUT2D eigenvalue weighted by Gasteiger charge is -2.13. The quantitative estimate of drug-likeness (QED) is 0.329. The average molecular weight is 373 g/mol. The van der Waals surface area contributed by atoms with E-state index in [9.17, 15) is 4.39 Å². The monoisotopic (exact) mass is 371 g/mol. The van der Waals surface area contributed by atoms with Gasteiger partial charge in [-0.2, -0.15) is 0 Å². The Morgan fingerprint density at radius 1 is 1.38 bits per heavy atom. The highest BCUT2D eigenvalue weighted by Crippen LogP contribution is 2.32. The third-order valence-electron chi connectivity index (χ3n) is 2.86. The van der Waals surface area contributed by atoms with Crippen LogP contribution >= 0.6 is 27.5 Å². The lowest BCUT2D eigenvalue weighted by atomic mass is 10.1. The van der Waals surface area contributed by atoms with Gasteiger partial charge in [-0.1, -0.05) is 41.0 Å². The number of nitrogens with zero attached hydrogens (tertiary/aromatic N) is 1. The summed E-state index contributed by atoms with van der Waals surface area (Å²) in [6.07, 6.45) is 0. The summed E-state index contributed by atoms with van der Waals surface area (Å²) in [4.78, 5) is 0. The lowest BCUT2D eigenvalue weighted by molar-refractivity contribution is 0.318. The average Bonchev–Trinajstić information content (AvgIpc) is 2.45. The van der Waals surface area contributed by atoms with Crippen LogP contribution in [0.25, 0.3) is 0 Å². The predicted octanol–water partition coefficient (Wildman–Crippen LogP) is 3.95. The molecule has 7 heteroatoms. The summed E-state index contributed by atoms with van der Waals surface area (Å²) in [5.74, 6) is -0.397. The van der Waals surface area contributed by atoms with E-state index in [2.05, 4.69) is 26.4 Å². The number of nitrogens with one attached hydrogen (secondary N) is 1. The molecule has 0 amide bonds. The number of nitrogens with two attached hydrogens (primary N) is 1. The zero-order chi connectivity index (χ0) is 15.4. The van der Waals surface area contributed by atoms with Gasteiger partial charge in [0.1, 0.15) is 5.82 Å². The summed E-state index contributed by atoms with van der Waals surface area (Å²) in [7, 11) is 0. The first-order valence-electron chi connectivity index (χ1n) is 5.97. The highest BCUT2D eigenvalue weighted by atomic mass is 79.9. The molecule has 2 aromatic carbocycles. The summed E-state index contributed by atoms with van der Waals surface area (Å²) in [5.41, 5.74) is 7.64. The zero-order valence-electron chi connectivity index (χ0n) is 10.8. The molecule has 0 aliphatic carbocycles. The Hall–Kier alpha value is -1.79. The van der Waals surface area contributed by atoms with Crippen molar-refractivity contribution in [2.45, 2.75) is 6.54 Å². The maximum absolute atomic E-state index is 13.2. The van der Waals surface area contributed by atoms with Crippen LogP contribution in [0, 0.1) is 5.82 Å². The van der Waals surface area contributed by atoms with Crippen molar-refractivity contribution in [2.75, 3.05) is 5.32 Å². The van der Waals surface area contributed by atoms with Gasteiger partial charge in [-0.25, -0.2) is 4.39 Å². The topological polar surface area (TPSA) is 70.6 Å². The minimum Gasteiger partial charge on any atom is -0.409 e. The van der Waals surface area contributed by atoms with Gasteiger partial charge in [-0.3, -0.25) is 0 Å². The van der Waals surface area contributed by atoms with Crippen LogP contribution in [0.4, 0.5) is 10.1 Å². The largest absolute Gasteiger partial charge is 0.409 e. The molecule has 21 heavy (non-hydrogen) atoms. The van der Waals surface area contributed by atoms with E-state index in [1.54, 1.807) is 12.1 Å². The first kappa shape index (κ1) is 15.6. The molecule has 0 saturated carbocycles. The number of oxime groups is 1. The fourth-order valence-electron chi connectivity index (χ4n) is 1.87. The van der Waals surface area contributed by atoms with Gasteiger partial charge in [0.15, 0.2) is 5.84 Å². The van der Waals surface area contributed by atoms with E-state index in [1.165, 1.54) is 12.1 Å². The molecule has 4 N–H and O–H groups in total. The smallest absolute Gasteiger partial charge is 0.170 e. The maximum Gasteiger partial charge on any atom is 0.170 e. The van der Waals surface area contributed by atoms with Crippen LogP contribution in [0.15, 0.2) is 46.0 Å². The van der Waals surface area contributed by atoms with Crippen molar-refractivity contribution in [2.24, 2.45) is 10.9 Å². The van der Waals surface area contributed by atoms with Crippen molar-refractivity contribution >= 4 is 39.1 Å². The van der Waals surface area contributed by atoms with Crippen molar-refractivity contribution in [1.82, 2.24) is 0 Å². The van der Waals surface area contributed by atoms with Crippen molar-refractivity contribution in [1.29, 1.82) is 0 Å². The van der Waals surface area contributed by atoms with Gasteiger partial charge in [0, 0.05) is 16.6 Å². The van der Waals surface area contributed by atoms with Crippen LogP contribution in [0.3, 0.4) is 0 Å². The standard InChI is InChI=1S/C14H12BrClFN3O/c15-11-5-9(17)6-12(16)13(11)19-7-8-3-1-2-4-10(8)14(18)20-21/h1-6,19,21H,7H2,(H2,18,20). The van der Waals surface area contributed by atoms with Crippen LogP contribution < -0.4 is 11.1 Å². The second kappa shape index (κ2) is 6.78. The van der Waals surface area contributed by atoms with E-state index in [-0.39, 0.29) is 10.9 Å². The Morgan fingerprint density at radius 2 is 2.10 bits per heavy atom. The molecule has 0 fully saturated rings. The van der Waals surface area contributed by atoms with Crippen molar-refractivity contribution < 1.29 is 9.60 Å². The van der Waals surface area contributed by atoms with E-state index in [0.717, 1.165) is 5.56 Å². The number of hydrogen-bond acceptors (Lipinski definition) is 3. The van der Waals surface area contributed by atoms with E-state index < -0.39 is 5.82 Å². The van der Waals surface area contributed by atoms with Crippen molar-refractivity contribution in [3.8, 4) is 0 Å². The minimum atomic E-state index is -0.422. The number of rotatable bonds is 4. The molecule has 0 aromatic heterocycles. The second-order valence-electron chi connectivity index (χ2n) is 4.24. The predicted molar refractivity (Wildman–Crippen MR) is 85.4 cm³/mol. The van der Waals surface area contributed by atoms with E-state index >= 15 is 0 Å². The molecule has 2 rings (SSSR count). The summed E-state index contributed by atoms with van der Waals surface area (Å²) >= 11 is 9.27. The Kier molecular flexibility index (Phi) is 5.03. The molecular weight excluding hydrogens is 361 g/mol. The lowest BCUT2D eigenvalue weighted by Crippen LogP contribution is -2.16. The SMILES string of the molecule is N/C(=N/O)c1ccccc1CNc1c(Cl)cc(F)cc1Br. The second-order valence-corrected chi connectivity index (χ2v) is 5.50. The molecule has 4 nitrogen and oxygen atoms in total. The molecule has 110 valence electrons. The van der Waals surface area contributed by atoms with Gasteiger partial charge < -0.3 is 16.3 Å². The molecule has 0 saturated heterocycles. The summed E-state index contributed by atoms with van der Waals surface area (Å²) in [5, 5.41) is 15.2. The van der Waals surface area contributed by atoms with Gasteiger partial charge in [0.2, 0.25) is 0 Å². The first-order chi connectivity index (χ1) is 10.0. The molecule has 0 unspecified atom stereocenters. The van der Waals surface area contributed by atoms with Gasteiger partial charge in [0.25, 0.3) is 0 Å². The molecule has 0 heterocycles. The molecular formula is C14H12BrClFN3O. The third-order valence-corrected chi connectivity index (χ3v) is 3.79. The summed E-state index contributed by atoms with van der Waals surface area (Å²) < 4.78 is 13.7. The fraction of sp³-hybridized carbons (Fsp3) is 0.0714. The van der Waals surface area contributed by atoms with Gasteiger partial charge in [-0.05, 0) is 33.6 Å². The Balaban J connectivity index is 2.26. The number of hydrogen-bond donors (Lipinski definition) is 3. The van der Waals surface area contributed by atoms with E-state index in [4.69, 9.17) is 22.5 Å². The van der Waals surface area contributed by atoms with Crippen molar-refractivity contribution in [3.05, 3.63) is 62.8 Å². The first-order valence-corrected chi connectivity index (χ1v) is 7.14. The maximum atomic E-state index is 13.2. The highest BCUT2D eigenvalue weighted by molar-refractivity contribution is 9.10. The Morgan fingerprint density at radius 3 is 2.76 bits per heavy atom. The zero-order valence-corrected chi connectivity index (χ0v) is 13.1.